The zero-order chi connectivity index (χ0) is 25.7. The van der Waals surface area contributed by atoms with E-state index in [-0.39, 0.29) is 5.91 Å². The third-order valence-corrected chi connectivity index (χ3v) is 6.06. The van der Waals surface area contributed by atoms with E-state index in [0.29, 0.717) is 11.6 Å². The van der Waals surface area contributed by atoms with Crippen LogP contribution in [0.1, 0.15) is 63.2 Å². The smallest absolute Gasteiger partial charge is 0.405 e. The molecule has 3 N–H and O–H groups in total. The van der Waals surface area contributed by atoms with Gasteiger partial charge in [-0.05, 0) is 63.3 Å². The number of rotatable bonds is 3. The van der Waals surface area contributed by atoms with Crippen molar-refractivity contribution < 1.29 is 18.7 Å². The fourth-order valence-corrected chi connectivity index (χ4v) is 4.43. The zero-order valence-corrected chi connectivity index (χ0v) is 21.0. The highest BCUT2D eigenvalue weighted by molar-refractivity contribution is 6.03. The lowest BCUT2D eigenvalue weighted by Gasteiger charge is -2.22. The number of nitrogens with one attached hydrogen (secondary N) is 1. The number of benzene rings is 2. The van der Waals surface area contributed by atoms with Gasteiger partial charge in [-0.15, -0.1) is 0 Å². The average Bonchev–Trinajstić information content (AvgIpc) is 3.27. The molecule has 1 aliphatic rings. The number of furan rings is 1. The highest BCUT2D eigenvalue weighted by Crippen LogP contribution is 2.32. The summed E-state index contributed by atoms with van der Waals surface area (Å²) in [5.41, 5.74) is 6.70. The minimum absolute atomic E-state index is 0.00108. The maximum atomic E-state index is 12.8. The maximum absolute atomic E-state index is 12.8. The Kier molecular flexibility index (Phi) is 7.58. The van der Waals surface area contributed by atoms with Crippen LogP contribution < -0.4 is 11.1 Å². The minimum Gasteiger partial charge on any atom is -0.456 e. The molecule has 7 nitrogen and oxygen atoms in total. The molecular weight excluding hydrogens is 454 g/mol. The zero-order valence-electron chi connectivity index (χ0n) is 21.0. The molecule has 0 unspecified atom stereocenters. The van der Waals surface area contributed by atoms with Crippen LogP contribution in [0.4, 0.5) is 4.79 Å². The van der Waals surface area contributed by atoms with Crippen LogP contribution in [0.25, 0.3) is 33.1 Å². The van der Waals surface area contributed by atoms with Gasteiger partial charge in [0.15, 0.2) is 0 Å². The predicted molar refractivity (Wildman–Crippen MR) is 142 cm³/mol. The molecule has 0 aliphatic heterocycles. The van der Waals surface area contributed by atoms with Crippen molar-refractivity contribution in [2.75, 3.05) is 0 Å². The lowest BCUT2D eigenvalue weighted by atomic mass is 9.95. The molecule has 2 heterocycles. The van der Waals surface area contributed by atoms with Crippen molar-refractivity contribution in [1.82, 2.24) is 10.3 Å². The van der Waals surface area contributed by atoms with Gasteiger partial charge in [-0.1, -0.05) is 43.5 Å². The molecule has 5 rings (SSSR count). The topological polar surface area (TPSA) is 107 Å². The summed E-state index contributed by atoms with van der Waals surface area (Å²) in [5.74, 6) is 0.769. The summed E-state index contributed by atoms with van der Waals surface area (Å²) in [5, 5.41) is 6.23. The number of nitrogens with two attached hydrogens (primary N) is 1. The normalized spacial score (nSPS) is 14.2. The molecule has 36 heavy (non-hydrogen) atoms. The van der Waals surface area contributed by atoms with Crippen molar-refractivity contribution in [2.24, 2.45) is 5.73 Å². The third kappa shape index (κ3) is 6.42. The van der Waals surface area contributed by atoms with Crippen LogP contribution in [-0.4, -0.2) is 28.6 Å². The standard InChI is InChI=1S/C24H22N2O2.C5H11NO2/c27-24(26-19-7-2-1-3-8-19)17-10-11-18-14-25-15-21(20(18)12-17)23-13-16-6-4-5-9-22(16)28-23;1-5(2,3)8-4(6)7/h4-6,9-15,19H,1-3,7-8H2,(H,26,27);1-3H3,(H2,6,7). The first-order valence-electron chi connectivity index (χ1n) is 12.4. The summed E-state index contributed by atoms with van der Waals surface area (Å²) in [6.45, 7) is 5.28. The van der Waals surface area contributed by atoms with Crippen molar-refractivity contribution in [2.45, 2.75) is 64.5 Å². The SMILES string of the molecule is CC(C)(C)OC(N)=O.O=C(NC1CCCCC1)c1ccc2cncc(-c3cc4ccccc4o3)c2c1. The molecule has 7 heteroatoms. The summed E-state index contributed by atoms with van der Waals surface area (Å²) in [4.78, 5) is 27.2. The van der Waals surface area contributed by atoms with Crippen molar-refractivity contribution in [3.05, 3.63) is 66.5 Å². The average molecular weight is 488 g/mol. The summed E-state index contributed by atoms with van der Waals surface area (Å²) in [6, 6.07) is 16.1. The molecule has 2 aromatic carbocycles. The van der Waals surface area contributed by atoms with E-state index in [1.165, 1.54) is 19.3 Å². The number of nitrogens with zero attached hydrogens (tertiary/aromatic N) is 1. The van der Waals surface area contributed by atoms with Gasteiger partial charge in [0.2, 0.25) is 0 Å². The van der Waals surface area contributed by atoms with Gasteiger partial charge in [0, 0.05) is 40.3 Å². The van der Waals surface area contributed by atoms with Gasteiger partial charge in [0.1, 0.15) is 16.9 Å². The first-order chi connectivity index (χ1) is 17.2. The Morgan fingerprint density at radius 2 is 1.75 bits per heavy atom. The predicted octanol–water partition coefficient (Wildman–Crippen LogP) is 6.59. The van der Waals surface area contributed by atoms with Gasteiger partial charge in [-0.25, -0.2) is 4.79 Å². The molecule has 4 aromatic rings. The quantitative estimate of drug-likeness (QED) is 0.339. The Bertz CT molecular complexity index is 1330. The number of amides is 2. The van der Waals surface area contributed by atoms with Gasteiger partial charge in [0.25, 0.3) is 5.91 Å². The molecule has 0 radical (unpaired) electrons. The van der Waals surface area contributed by atoms with Crippen LogP contribution in [0.2, 0.25) is 0 Å². The van der Waals surface area contributed by atoms with E-state index in [9.17, 15) is 9.59 Å². The second-order valence-corrected chi connectivity index (χ2v) is 10.1. The van der Waals surface area contributed by atoms with Gasteiger partial charge in [0.05, 0.1) is 0 Å². The first kappa shape index (κ1) is 25.2. The number of hydrogen-bond acceptors (Lipinski definition) is 5. The molecule has 0 spiro atoms. The fraction of sp³-hybridized carbons (Fsp3) is 0.345. The molecule has 188 valence electrons. The number of hydrogen-bond donors (Lipinski definition) is 2. The van der Waals surface area contributed by atoms with E-state index >= 15 is 0 Å². The van der Waals surface area contributed by atoms with Crippen LogP contribution in [-0.2, 0) is 4.74 Å². The van der Waals surface area contributed by atoms with Crippen LogP contribution in [0.15, 0.2) is 65.3 Å². The summed E-state index contributed by atoms with van der Waals surface area (Å²) >= 11 is 0. The Morgan fingerprint density at radius 1 is 1.00 bits per heavy atom. The Labute approximate surface area is 211 Å². The van der Waals surface area contributed by atoms with Crippen LogP contribution >= 0.6 is 0 Å². The third-order valence-electron chi connectivity index (χ3n) is 6.06. The lowest BCUT2D eigenvalue weighted by Crippen LogP contribution is -2.36. The molecule has 2 amide bonds. The number of fused-ring (bicyclic) bond motifs is 2. The summed E-state index contributed by atoms with van der Waals surface area (Å²) < 4.78 is 10.6. The van der Waals surface area contributed by atoms with Crippen molar-refractivity contribution in [3.8, 4) is 11.3 Å². The van der Waals surface area contributed by atoms with E-state index in [1.807, 2.05) is 60.9 Å². The van der Waals surface area contributed by atoms with E-state index in [0.717, 1.165) is 45.9 Å². The molecule has 1 fully saturated rings. The molecule has 0 saturated heterocycles. The number of para-hydroxylation sites is 1. The van der Waals surface area contributed by atoms with Crippen LogP contribution in [0.3, 0.4) is 0 Å². The molecule has 0 atom stereocenters. The molecule has 1 aliphatic carbocycles. The van der Waals surface area contributed by atoms with Gasteiger partial charge in [-0.3, -0.25) is 9.78 Å². The Morgan fingerprint density at radius 3 is 2.42 bits per heavy atom. The molecule has 1 saturated carbocycles. The number of carbonyl (C=O) groups is 2. The van der Waals surface area contributed by atoms with Crippen molar-refractivity contribution >= 4 is 33.7 Å². The van der Waals surface area contributed by atoms with Crippen LogP contribution in [0.5, 0.6) is 0 Å². The molecular formula is C29H33N3O4. The minimum atomic E-state index is -0.725. The number of aromatic nitrogens is 1. The monoisotopic (exact) mass is 487 g/mol. The van der Waals surface area contributed by atoms with Crippen molar-refractivity contribution in [3.63, 3.8) is 0 Å². The highest BCUT2D eigenvalue weighted by Gasteiger charge is 2.18. The Balaban J connectivity index is 0.000000331. The summed E-state index contributed by atoms with van der Waals surface area (Å²) in [7, 11) is 0. The maximum Gasteiger partial charge on any atom is 0.405 e. The molecule has 2 aromatic heterocycles. The Hall–Kier alpha value is -3.87. The van der Waals surface area contributed by atoms with Gasteiger partial charge >= 0.3 is 6.09 Å². The first-order valence-corrected chi connectivity index (χ1v) is 12.4. The fourth-order valence-electron chi connectivity index (χ4n) is 4.43. The molecule has 0 bridgehead atoms. The number of ether oxygens (including phenoxy) is 1. The van der Waals surface area contributed by atoms with Crippen LogP contribution in [0, 0.1) is 0 Å². The van der Waals surface area contributed by atoms with Crippen molar-refractivity contribution in [1.29, 1.82) is 0 Å². The highest BCUT2D eigenvalue weighted by atomic mass is 16.6. The van der Waals surface area contributed by atoms with Gasteiger partial charge < -0.3 is 20.2 Å². The van der Waals surface area contributed by atoms with E-state index in [2.05, 4.69) is 15.0 Å². The van der Waals surface area contributed by atoms with E-state index < -0.39 is 11.7 Å². The second-order valence-electron chi connectivity index (χ2n) is 10.1. The van der Waals surface area contributed by atoms with E-state index in [4.69, 9.17) is 10.2 Å². The summed E-state index contributed by atoms with van der Waals surface area (Å²) in [6.07, 6.45) is 8.73. The largest absolute Gasteiger partial charge is 0.456 e. The number of pyridine rings is 1. The number of carbonyl (C=O) groups excluding carboxylic acids is 2. The second kappa shape index (κ2) is 10.8. The van der Waals surface area contributed by atoms with E-state index in [1.54, 1.807) is 20.8 Å². The number of primary amides is 1. The lowest BCUT2D eigenvalue weighted by molar-refractivity contribution is 0.0599. The van der Waals surface area contributed by atoms with Gasteiger partial charge in [-0.2, -0.15) is 0 Å².